The topological polar surface area (TPSA) is 88.5 Å². The quantitative estimate of drug-likeness (QED) is 0.875. The number of H-pyrrole nitrogens is 1. The van der Waals surface area contributed by atoms with Gasteiger partial charge in [0.2, 0.25) is 5.91 Å². The molecule has 0 bridgehead atoms. The number of nitrogens with one attached hydrogen (secondary N) is 2. The molecule has 0 aliphatic heterocycles. The molecule has 3 rings (SSSR count). The molecule has 1 aliphatic carbocycles. The van der Waals surface area contributed by atoms with Crippen molar-refractivity contribution in [2.45, 2.75) is 31.6 Å². The number of hydrogen-bond donors (Lipinski definition) is 2. The SMILES string of the molecule is Cn1ncc(CC(=O)Nc2cc([C@H]3C[CH]CC3)[nH]n2)n1. The summed E-state index contributed by atoms with van der Waals surface area (Å²) in [6.07, 6.45) is 7.46. The lowest BCUT2D eigenvalue weighted by Gasteiger charge is -2.03. The second-order valence-electron chi connectivity index (χ2n) is 5.06. The number of aromatic amines is 1. The Hall–Kier alpha value is -2.18. The van der Waals surface area contributed by atoms with Gasteiger partial charge in [0, 0.05) is 24.7 Å². The van der Waals surface area contributed by atoms with Crippen LogP contribution >= 0.6 is 0 Å². The van der Waals surface area contributed by atoms with Crippen LogP contribution in [0, 0.1) is 6.42 Å². The molecule has 0 spiro atoms. The van der Waals surface area contributed by atoms with Gasteiger partial charge in [0.05, 0.1) is 18.3 Å². The average Bonchev–Trinajstić information content (AvgIpc) is 3.10. The first-order valence-electron chi connectivity index (χ1n) is 6.73. The Kier molecular flexibility index (Phi) is 3.49. The summed E-state index contributed by atoms with van der Waals surface area (Å²) in [5, 5.41) is 17.9. The summed E-state index contributed by atoms with van der Waals surface area (Å²) >= 11 is 0. The molecule has 1 amide bonds. The van der Waals surface area contributed by atoms with Crippen LogP contribution in [0.4, 0.5) is 5.82 Å². The lowest BCUT2D eigenvalue weighted by molar-refractivity contribution is -0.115. The van der Waals surface area contributed by atoms with Crippen LogP contribution in [0.15, 0.2) is 12.3 Å². The predicted octanol–water partition coefficient (Wildman–Crippen LogP) is 1.19. The molecule has 2 N–H and O–H groups in total. The molecule has 2 aromatic rings. The monoisotopic (exact) mass is 273 g/mol. The van der Waals surface area contributed by atoms with E-state index in [1.54, 1.807) is 13.2 Å². The van der Waals surface area contributed by atoms with E-state index in [0.717, 1.165) is 25.0 Å². The normalized spacial score (nSPS) is 15.7. The van der Waals surface area contributed by atoms with Gasteiger partial charge in [0.1, 0.15) is 0 Å². The number of carbonyl (C=O) groups excluding carboxylic acids is 1. The van der Waals surface area contributed by atoms with E-state index in [-0.39, 0.29) is 12.3 Å². The standard InChI is InChI=1S/C13H17N6O/c1-19-14-8-10(18-19)6-13(20)15-12-7-11(16-17-12)9-4-2-3-5-9/h2,7-9H,3-6H2,1H3,(H2,15,16,17,20)/t9-/m0/s1. The highest BCUT2D eigenvalue weighted by Gasteiger charge is 2.19. The average molecular weight is 273 g/mol. The maximum Gasteiger partial charge on any atom is 0.231 e. The molecule has 1 aliphatic rings. The third-order valence-electron chi connectivity index (χ3n) is 3.46. The molecule has 0 unspecified atom stereocenters. The molecule has 7 heteroatoms. The minimum atomic E-state index is -0.137. The molecular formula is C13H17N6O. The number of aryl methyl sites for hydroxylation is 1. The number of aromatic nitrogens is 5. The lowest BCUT2D eigenvalue weighted by atomic mass is 10.0. The number of amides is 1. The van der Waals surface area contributed by atoms with Crippen LogP contribution in [0.25, 0.3) is 0 Å². The molecule has 1 saturated carbocycles. The van der Waals surface area contributed by atoms with Crippen molar-refractivity contribution in [3.05, 3.63) is 30.1 Å². The Labute approximate surface area is 116 Å². The molecule has 0 aromatic carbocycles. The Morgan fingerprint density at radius 3 is 3.20 bits per heavy atom. The smallest absolute Gasteiger partial charge is 0.231 e. The van der Waals surface area contributed by atoms with E-state index >= 15 is 0 Å². The number of anilines is 1. The maximum atomic E-state index is 11.9. The Morgan fingerprint density at radius 1 is 1.60 bits per heavy atom. The fourth-order valence-corrected chi connectivity index (χ4v) is 2.47. The van der Waals surface area contributed by atoms with Crippen molar-refractivity contribution in [1.82, 2.24) is 25.2 Å². The molecule has 1 atom stereocenters. The number of rotatable bonds is 4. The summed E-state index contributed by atoms with van der Waals surface area (Å²) in [4.78, 5) is 13.3. The van der Waals surface area contributed by atoms with Gasteiger partial charge in [0.25, 0.3) is 0 Å². The molecule has 7 nitrogen and oxygen atoms in total. The Bertz CT molecular complexity index is 596. The van der Waals surface area contributed by atoms with Gasteiger partial charge in [0.15, 0.2) is 5.82 Å². The van der Waals surface area contributed by atoms with Gasteiger partial charge in [-0.2, -0.15) is 20.1 Å². The second kappa shape index (κ2) is 5.44. The summed E-state index contributed by atoms with van der Waals surface area (Å²) in [6, 6.07) is 1.92. The third kappa shape index (κ3) is 2.87. The van der Waals surface area contributed by atoms with Crippen molar-refractivity contribution in [3.63, 3.8) is 0 Å². The van der Waals surface area contributed by atoms with Crippen LogP contribution in [0.5, 0.6) is 0 Å². The maximum absolute atomic E-state index is 11.9. The van der Waals surface area contributed by atoms with Gasteiger partial charge in [-0.3, -0.25) is 9.89 Å². The minimum Gasteiger partial charge on any atom is -0.309 e. The van der Waals surface area contributed by atoms with Crippen molar-refractivity contribution in [2.24, 2.45) is 7.05 Å². The van der Waals surface area contributed by atoms with Crippen molar-refractivity contribution in [2.75, 3.05) is 5.32 Å². The first-order valence-corrected chi connectivity index (χ1v) is 6.73. The van der Waals surface area contributed by atoms with Gasteiger partial charge < -0.3 is 5.32 Å². The minimum absolute atomic E-state index is 0.137. The number of carbonyl (C=O) groups is 1. The van der Waals surface area contributed by atoms with E-state index in [1.165, 1.54) is 4.80 Å². The summed E-state index contributed by atoms with van der Waals surface area (Å²) < 4.78 is 0. The first kappa shape index (κ1) is 12.8. The van der Waals surface area contributed by atoms with Crippen LogP contribution in [-0.2, 0) is 18.3 Å². The van der Waals surface area contributed by atoms with E-state index < -0.39 is 0 Å². The molecule has 105 valence electrons. The molecule has 2 aromatic heterocycles. The Morgan fingerprint density at radius 2 is 2.50 bits per heavy atom. The molecule has 1 radical (unpaired) electrons. The highest BCUT2D eigenvalue weighted by Crippen LogP contribution is 2.32. The zero-order valence-electron chi connectivity index (χ0n) is 11.3. The van der Waals surface area contributed by atoms with Crippen molar-refractivity contribution >= 4 is 11.7 Å². The van der Waals surface area contributed by atoms with Gasteiger partial charge in [-0.25, -0.2) is 0 Å². The first-order chi connectivity index (χ1) is 9.70. The van der Waals surface area contributed by atoms with Crippen LogP contribution in [0.2, 0.25) is 0 Å². The summed E-state index contributed by atoms with van der Waals surface area (Å²) in [5.41, 5.74) is 1.74. The second-order valence-corrected chi connectivity index (χ2v) is 5.06. The van der Waals surface area contributed by atoms with Crippen molar-refractivity contribution in [1.29, 1.82) is 0 Å². The van der Waals surface area contributed by atoms with Gasteiger partial charge in [-0.15, -0.1) is 0 Å². The van der Waals surface area contributed by atoms with Crippen molar-refractivity contribution in [3.8, 4) is 0 Å². The lowest BCUT2D eigenvalue weighted by Crippen LogP contribution is -2.15. The fraction of sp³-hybridized carbons (Fsp3) is 0.462. The largest absolute Gasteiger partial charge is 0.309 e. The van der Waals surface area contributed by atoms with Crippen LogP contribution in [-0.4, -0.2) is 31.1 Å². The highest BCUT2D eigenvalue weighted by molar-refractivity contribution is 5.91. The predicted molar refractivity (Wildman–Crippen MR) is 72.8 cm³/mol. The molecular weight excluding hydrogens is 256 g/mol. The van der Waals surface area contributed by atoms with Gasteiger partial charge >= 0.3 is 0 Å². The van der Waals surface area contributed by atoms with Gasteiger partial charge in [-0.05, 0) is 25.7 Å². The van der Waals surface area contributed by atoms with Crippen LogP contribution < -0.4 is 5.32 Å². The summed E-state index contributed by atoms with van der Waals surface area (Å²) in [5.74, 6) is 0.940. The van der Waals surface area contributed by atoms with Gasteiger partial charge in [-0.1, -0.05) is 0 Å². The Balaban J connectivity index is 1.58. The zero-order valence-corrected chi connectivity index (χ0v) is 11.3. The van der Waals surface area contributed by atoms with E-state index in [9.17, 15) is 4.79 Å². The van der Waals surface area contributed by atoms with E-state index in [0.29, 0.717) is 17.4 Å². The van der Waals surface area contributed by atoms with E-state index in [1.807, 2.05) is 6.07 Å². The van der Waals surface area contributed by atoms with E-state index in [4.69, 9.17) is 0 Å². The van der Waals surface area contributed by atoms with Crippen LogP contribution in [0.3, 0.4) is 0 Å². The zero-order chi connectivity index (χ0) is 13.9. The summed E-state index contributed by atoms with van der Waals surface area (Å²) in [7, 11) is 1.72. The molecule has 2 heterocycles. The molecule has 0 saturated heterocycles. The molecule has 20 heavy (non-hydrogen) atoms. The fourth-order valence-electron chi connectivity index (χ4n) is 2.47. The number of hydrogen-bond acceptors (Lipinski definition) is 4. The highest BCUT2D eigenvalue weighted by atomic mass is 16.1. The van der Waals surface area contributed by atoms with E-state index in [2.05, 4.69) is 32.1 Å². The van der Waals surface area contributed by atoms with Crippen molar-refractivity contribution < 1.29 is 4.79 Å². The number of nitrogens with zero attached hydrogens (tertiary/aromatic N) is 4. The molecule has 1 fully saturated rings. The third-order valence-corrected chi connectivity index (χ3v) is 3.46. The summed E-state index contributed by atoms with van der Waals surface area (Å²) in [6.45, 7) is 0. The van der Waals surface area contributed by atoms with Crippen LogP contribution in [0.1, 0.15) is 36.6 Å².